The molecule has 0 saturated carbocycles. The predicted molar refractivity (Wildman–Crippen MR) is 107 cm³/mol. The third-order valence-corrected chi connectivity index (χ3v) is 5.30. The number of nitrogens with one attached hydrogen (secondary N) is 1. The van der Waals surface area contributed by atoms with E-state index in [9.17, 15) is 24.3 Å². The van der Waals surface area contributed by atoms with Gasteiger partial charge in [0.1, 0.15) is 5.25 Å². The van der Waals surface area contributed by atoms with E-state index < -0.39 is 28.3 Å². The Morgan fingerprint density at radius 2 is 1.71 bits per heavy atom. The van der Waals surface area contributed by atoms with Gasteiger partial charge >= 0.3 is 5.97 Å². The van der Waals surface area contributed by atoms with E-state index in [2.05, 4.69) is 5.32 Å². The molecule has 1 fully saturated rings. The lowest BCUT2D eigenvalue weighted by Crippen LogP contribution is -2.33. The molecule has 2 aromatic rings. The summed E-state index contributed by atoms with van der Waals surface area (Å²) in [6, 6.07) is 11.5. The van der Waals surface area contributed by atoms with Gasteiger partial charge < -0.3 is 10.4 Å². The molecule has 2 aromatic carbocycles. The summed E-state index contributed by atoms with van der Waals surface area (Å²) in [6.07, 6.45) is -0.232. The van der Waals surface area contributed by atoms with E-state index in [4.69, 9.17) is 0 Å². The van der Waals surface area contributed by atoms with Crippen LogP contribution in [0.3, 0.4) is 0 Å². The molecule has 1 unspecified atom stereocenters. The molecule has 0 bridgehead atoms. The van der Waals surface area contributed by atoms with Gasteiger partial charge in [0.25, 0.3) is 5.24 Å². The Bertz CT molecular complexity index is 971. The maximum absolute atomic E-state index is 12.6. The first-order valence-electron chi connectivity index (χ1n) is 8.51. The molecule has 0 radical (unpaired) electrons. The normalized spacial score (nSPS) is 16.4. The number of hydrogen-bond acceptors (Lipinski definition) is 5. The third-order valence-electron chi connectivity index (χ3n) is 4.26. The van der Waals surface area contributed by atoms with Gasteiger partial charge in [0.2, 0.25) is 11.8 Å². The number of hydrogen-bond donors (Lipinski definition) is 2. The van der Waals surface area contributed by atoms with Crippen molar-refractivity contribution in [2.75, 3.05) is 10.2 Å². The maximum Gasteiger partial charge on any atom is 0.337 e. The number of rotatable bonds is 5. The summed E-state index contributed by atoms with van der Waals surface area (Å²) >= 11 is 0.794. The zero-order valence-electron chi connectivity index (χ0n) is 15.3. The molecule has 1 heterocycles. The molecule has 1 aliphatic heterocycles. The molecule has 144 valence electrons. The molecule has 0 aliphatic carbocycles. The van der Waals surface area contributed by atoms with Gasteiger partial charge in [-0.3, -0.25) is 14.4 Å². The number of anilines is 2. The van der Waals surface area contributed by atoms with Crippen molar-refractivity contribution < 1.29 is 24.3 Å². The minimum absolute atomic E-state index is 0.0401. The Balaban J connectivity index is 1.72. The van der Waals surface area contributed by atoms with Crippen LogP contribution >= 0.6 is 11.8 Å². The second-order valence-corrected chi connectivity index (χ2v) is 7.64. The van der Waals surface area contributed by atoms with Gasteiger partial charge in [-0.25, -0.2) is 9.69 Å². The van der Waals surface area contributed by atoms with Crippen LogP contribution in [-0.2, 0) is 9.59 Å². The average Bonchev–Trinajstić information content (AvgIpc) is 2.89. The number of nitrogens with zero attached hydrogens (tertiary/aromatic N) is 1. The van der Waals surface area contributed by atoms with Crippen molar-refractivity contribution in [2.45, 2.75) is 25.5 Å². The van der Waals surface area contributed by atoms with Crippen LogP contribution in [-0.4, -0.2) is 33.4 Å². The van der Waals surface area contributed by atoms with Crippen LogP contribution in [0.2, 0.25) is 0 Å². The molecule has 2 N–H and O–H groups in total. The summed E-state index contributed by atoms with van der Waals surface area (Å²) in [5.74, 6) is -2.16. The van der Waals surface area contributed by atoms with Crippen molar-refractivity contribution in [2.24, 2.45) is 0 Å². The number of aromatic carboxylic acids is 1. The molecular weight excluding hydrogens is 380 g/mol. The second kappa shape index (κ2) is 7.85. The minimum atomic E-state index is -1.16. The molecule has 7 nitrogen and oxygen atoms in total. The topological polar surface area (TPSA) is 104 Å². The first kappa shape index (κ1) is 19.6. The van der Waals surface area contributed by atoms with Crippen LogP contribution in [0.1, 0.15) is 27.9 Å². The second-order valence-electron chi connectivity index (χ2n) is 6.49. The zero-order valence-corrected chi connectivity index (χ0v) is 16.1. The molecule has 3 amide bonds. The average molecular weight is 398 g/mol. The number of amides is 3. The van der Waals surface area contributed by atoms with Crippen molar-refractivity contribution in [1.82, 2.24) is 0 Å². The summed E-state index contributed by atoms with van der Waals surface area (Å²) < 4.78 is 0. The molecule has 1 saturated heterocycles. The highest BCUT2D eigenvalue weighted by atomic mass is 32.2. The van der Waals surface area contributed by atoms with Crippen molar-refractivity contribution in [3.8, 4) is 0 Å². The molecule has 1 aliphatic rings. The van der Waals surface area contributed by atoms with E-state index in [1.54, 1.807) is 43.3 Å². The highest BCUT2D eigenvalue weighted by Crippen LogP contribution is 2.33. The number of carboxylic acids is 1. The van der Waals surface area contributed by atoms with Gasteiger partial charge in [-0.1, -0.05) is 23.8 Å². The van der Waals surface area contributed by atoms with Crippen molar-refractivity contribution in [1.29, 1.82) is 0 Å². The minimum Gasteiger partial charge on any atom is -0.478 e. The molecule has 0 aromatic heterocycles. The smallest absolute Gasteiger partial charge is 0.337 e. The van der Waals surface area contributed by atoms with Gasteiger partial charge in [0.05, 0.1) is 16.9 Å². The van der Waals surface area contributed by atoms with E-state index in [0.29, 0.717) is 5.69 Å². The SMILES string of the molecule is Cc1ccc(N2C(=O)SC(CC(=O)Nc3cc(C)ccc3C(=O)O)C2=O)cc1. The Labute approximate surface area is 165 Å². The van der Waals surface area contributed by atoms with Gasteiger partial charge in [0, 0.05) is 6.42 Å². The standard InChI is InChI=1S/C20H18N2O5S/c1-11-3-6-13(7-4-11)22-18(24)16(28-20(22)27)10-17(23)21-15-9-12(2)5-8-14(15)19(25)26/h3-9,16H,10H2,1-2H3,(H,21,23)(H,25,26). The highest BCUT2D eigenvalue weighted by molar-refractivity contribution is 8.15. The van der Waals surface area contributed by atoms with Gasteiger partial charge in [-0.2, -0.15) is 0 Å². The first-order valence-corrected chi connectivity index (χ1v) is 9.39. The summed E-state index contributed by atoms with van der Waals surface area (Å²) in [5.41, 5.74) is 2.37. The molecule has 3 rings (SSSR count). The van der Waals surface area contributed by atoms with Gasteiger partial charge in [-0.15, -0.1) is 0 Å². The fourth-order valence-electron chi connectivity index (χ4n) is 2.83. The van der Waals surface area contributed by atoms with Crippen molar-refractivity contribution in [3.63, 3.8) is 0 Å². The van der Waals surface area contributed by atoms with Crippen LogP contribution in [0.25, 0.3) is 0 Å². The number of aryl methyl sites for hydroxylation is 2. The van der Waals surface area contributed by atoms with Crippen molar-refractivity contribution >= 4 is 46.2 Å². The molecule has 28 heavy (non-hydrogen) atoms. The fraction of sp³-hybridized carbons (Fsp3) is 0.200. The number of thioether (sulfide) groups is 1. The number of carboxylic acid groups (broad SMARTS) is 1. The molecule has 8 heteroatoms. The molecule has 1 atom stereocenters. The van der Waals surface area contributed by atoms with Crippen LogP contribution < -0.4 is 10.2 Å². The van der Waals surface area contributed by atoms with E-state index in [1.165, 1.54) is 6.07 Å². The summed E-state index contributed by atoms with van der Waals surface area (Å²) in [5, 5.41) is 10.5. The molecular formula is C20H18N2O5S. The van der Waals surface area contributed by atoms with Crippen molar-refractivity contribution in [3.05, 3.63) is 59.2 Å². The highest BCUT2D eigenvalue weighted by Gasteiger charge is 2.41. The first-order chi connectivity index (χ1) is 13.3. The van der Waals surface area contributed by atoms with Gasteiger partial charge in [-0.05, 0) is 55.4 Å². The zero-order chi connectivity index (χ0) is 20.4. The van der Waals surface area contributed by atoms with Crippen LogP contribution in [0.15, 0.2) is 42.5 Å². The van der Waals surface area contributed by atoms with Crippen LogP contribution in [0, 0.1) is 13.8 Å². The summed E-state index contributed by atoms with van der Waals surface area (Å²) in [4.78, 5) is 49.7. The lowest BCUT2D eigenvalue weighted by Gasteiger charge is -2.14. The number of carbonyl (C=O) groups excluding carboxylic acids is 3. The summed E-state index contributed by atoms with van der Waals surface area (Å²) in [7, 11) is 0. The van der Waals surface area contributed by atoms with Crippen LogP contribution in [0.5, 0.6) is 0 Å². The third kappa shape index (κ3) is 4.07. The van der Waals surface area contributed by atoms with E-state index in [0.717, 1.165) is 27.8 Å². The van der Waals surface area contributed by atoms with E-state index >= 15 is 0 Å². The summed E-state index contributed by atoms with van der Waals surface area (Å²) in [6.45, 7) is 3.67. The Hall–Kier alpha value is -3.13. The lowest BCUT2D eigenvalue weighted by atomic mass is 10.1. The predicted octanol–water partition coefficient (Wildman–Crippen LogP) is 3.60. The number of benzene rings is 2. The number of imide groups is 1. The maximum atomic E-state index is 12.6. The Morgan fingerprint density at radius 3 is 2.36 bits per heavy atom. The monoisotopic (exact) mass is 398 g/mol. The molecule has 0 spiro atoms. The van der Waals surface area contributed by atoms with Crippen LogP contribution in [0.4, 0.5) is 16.2 Å². The fourth-order valence-corrected chi connectivity index (χ4v) is 3.82. The van der Waals surface area contributed by atoms with E-state index in [-0.39, 0.29) is 17.7 Å². The lowest BCUT2D eigenvalue weighted by molar-refractivity contribution is -0.121. The largest absolute Gasteiger partial charge is 0.478 e. The quantitative estimate of drug-likeness (QED) is 0.798. The van der Waals surface area contributed by atoms with E-state index in [1.807, 2.05) is 6.92 Å². The van der Waals surface area contributed by atoms with Gasteiger partial charge in [0.15, 0.2) is 0 Å². The Morgan fingerprint density at radius 1 is 1.07 bits per heavy atom. The number of carbonyl (C=O) groups is 4. The Kier molecular flexibility index (Phi) is 5.51.